The molecule has 0 fully saturated rings. The summed E-state index contributed by atoms with van der Waals surface area (Å²) in [7, 11) is 0. The van der Waals surface area contributed by atoms with Gasteiger partial charge in [-0.1, -0.05) is 29.4 Å². The number of nitrogens with zero attached hydrogens (tertiary/aromatic N) is 1. The average Bonchev–Trinajstić information content (AvgIpc) is 2.51. The lowest BCUT2D eigenvalue weighted by Gasteiger charge is -2.20. The Balaban J connectivity index is 1.86. The molecule has 116 valence electrons. The second-order valence-corrected chi connectivity index (χ2v) is 6.86. The summed E-state index contributed by atoms with van der Waals surface area (Å²) >= 11 is 7.58. The number of rotatable bonds is 0. The van der Waals surface area contributed by atoms with Gasteiger partial charge in [0.1, 0.15) is 0 Å². The zero-order chi connectivity index (χ0) is 16.2. The van der Waals surface area contributed by atoms with Crippen molar-refractivity contribution in [3.05, 3.63) is 64.3 Å². The minimum atomic E-state index is -4.36. The first-order valence-corrected chi connectivity index (χ1v) is 8.06. The minimum absolute atomic E-state index is 0.364. The summed E-state index contributed by atoms with van der Waals surface area (Å²) in [5.74, 6) is 0. The molecule has 1 aliphatic rings. The van der Waals surface area contributed by atoms with Gasteiger partial charge in [0.2, 0.25) is 0 Å². The Kier molecular flexibility index (Phi) is 3.32. The SMILES string of the molecule is FC(F)(F)c1ccc2c3c(cnc2c1)Cc1cc(Cl)ccc1S3. The fourth-order valence-electron chi connectivity index (χ4n) is 2.73. The summed E-state index contributed by atoms with van der Waals surface area (Å²) < 4.78 is 38.5. The van der Waals surface area contributed by atoms with E-state index in [1.807, 2.05) is 18.2 Å². The molecule has 0 bridgehead atoms. The number of fused-ring (bicyclic) bond motifs is 4. The molecule has 0 saturated heterocycles. The van der Waals surface area contributed by atoms with Crippen molar-refractivity contribution in [2.24, 2.45) is 0 Å². The zero-order valence-corrected chi connectivity index (χ0v) is 13.2. The van der Waals surface area contributed by atoms with Crippen LogP contribution in [-0.2, 0) is 12.6 Å². The van der Waals surface area contributed by atoms with Crippen molar-refractivity contribution >= 4 is 34.3 Å². The second kappa shape index (κ2) is 5.14. The summed E-state index contributed by atoms with van der Waals surface area (Å²) in [5.41, 5.74) is 1.81. The highest BCUT2D eigenvalue weighted by Crippen LogP contribution is 2.44. The first kappa shape index (κ1) is 14.8. The van der Waals surface area contributed by atoms with Gasteiger partial charge in [0, 0.05) is 32.8 Å². The predicted molar refractivity (Wildman–Crippen MR) is 85.1 cm³/mol. The first-order valence-electron chi connectivity index (χ1n) is 6.87. The first-order chi connectivity index (χ1) is 10.9. The van der Waals surface area contributed by atoms with Crippen LogP contribution in [0.15, 0.2) is 52.4 Å². The summed E-state index contributed by atoms with van der Waals surface area (Å²) in [6.45, 7) is 0. The lowest BCUT2D eigenvalue weighted by atomic mass is 10.0. The van der Waals surface area contributed by atoms with Crippen LogP contribution in [0, 0.1) is 0 Å². The van der Waals surface area contributed by atoms with Crippen LogP contribution in [0.3, 0.4) is 0 Å². The minimum Gasteiger partial charge on any atom is -0.256 e. The van der Waals surface area contributed by atoms with E-state index in [2.05, 4.69) is 4.98 Å². The van der Waals surface area contributed by atoms with Crippen LogP contribution in [0.2, 0.25) is 5.02 Å². The van der Waals surface area contributed by atoms with E-state index in [-0.39, 0.29) is 0 Å². The van der Waals surface area contributed by atoms with Crippen LogP contribution in [-0.4, -0.2) is 4.98 Å². The lowest BCUT2D eigenvalue weighted by Crippen LogP contribution is -2.06. The topological polar surface area (TPSA) is 12.9 Å². The molecule has 1 aromatic heterocycles. The van der Waals surface area contributed by atoms with Gasteiger partial charge in [0.15, 0.2) is 0 Å². The fourth-order valence-corrected chi connectivity index (χ4v) is 4.08. The maximum atomic E-state index is 12.8. The van der Waals surface area contributed by atoms with E-state index in [0.29, 0.717) is 17.0 Å². The summed E-state index contributed by atoms with van der Waals surface area (Å²) in [6.07, 6.45) is -2.01. The van der Waals surface area contributed by atoms with E-state index in [1.54, 1.807) is 18.0 Å². The molecule has 2 aromatic carbocycles. The van der Waals surface area contributed by atoms with Crippen LogP contribution < -0.4 is 0 Å². The van der Waals surface area contributed by atoms with E-state index >= 15 is 0 Å². The van der Waals surface area contributed by atoms with E-state index in [0.717, 1.165) is 38.4 Å². The molecule has 0 atom stereocenters. The maximum absolute atomic E-state index is 12.8. The van der Waals surface area contributed by atoms with Gasteiger partial charge in [0.05, 0.1) is 11.1 Å². The molecular formula is C17H9ClF3NS. The van der Waals surface area contributed by atoms with Gasteiger partial charge < -0.3 is 0 Å². The van der Waals surface area contributed by atoms with E-state index in [4.69, 9.17) is 11.6 Å². The van der Waals surface area contributed by atoms with Gasteiger partial charge >= 0.3 is 6.18 Å². The number of halogens is 4. The third kappa shape index (κ3) is 2.58. The fraction of sp³-hybridized carbons (Fsp3) is 0.118. The molecule has 6 heteroatoms. The number of hydrogen-bond acceptors (Lipinski definition) is 2. The Hall–Kier alpha value is -1.72. The molecule has 3 aromatic rings. The molecular weight excluding hydrogens is 343 g/mol. The summed E-state index contributed by atoms with van der Waals surface area (Å²) in [4.78, 5) is 6.27. The molecule has 0 aliphatic carbocycles. The highest BCUT2D eigenvalue weighted by atomic mass is 35.5. The monoisotopic (exact) mass is 351 g/mol. The van der Waals surface area contributed by atoms with Crippen LogP contribution in [0.25, 0.3) is 10.9 Å². The number of alkyl halides is 3. The van der Waals surface area contributed by atoms with Gasteiger partial charge in [-0.05, 0) is 41.5 Å². The molecule has 2 heterocycles. The number of aromatic nitrogens is 1. The molecule has 1 aliphatic heterocycles. The average molecular weight is 352 g/mol. The van der Waals surface area contributed by atoms with Gasteiger partial charge in [-0.3, -0.25) is 4.98 Å². The largest absolute Gasteiger partial charge is 0.416 e. The smallest absolute Gasteiger partial charge is 0.256 e. The molecule has 23 heavy (non-hydrogen) atoms. The van der Waals surface area contributed by atoms with Crippen molar-refractivity contribution in [1.29, 1.82) is 0 Å². The third-order valence-electron chi connectivity index (χ3n) is 3.84. The normalized spacial score (nSPS) is 13.7. The van der Waals surface area contributed by atoms with Gasteiger partial charge in [0.25, 0.3) is 0 Å². The van der Waals surface area contributed by atoms with Gasteiger partial charge in [-0.25, -0.2) is 0 Å². The highest BCUT2D eigenvalue weighted by Gasteiger charge is 2.31. The van der Waals surface area contributed by atoms with Crippen LogP contribution in [0.4, 0.5) is 13.2 Å². The van der Waals surface area contributed by atoms with Crippen LogP contribution in [0.1, 0.15) is 16.7 Å². The Morgan fingerprint density at radius 3 is 2.65 bits per heavy atom. The van der Waals surface area contributed by atoms with Crippen LogP contribution >= 0.6 is 23.4 Å². The summed E-state index contributed by atoms with van der Waals surface area (Å²) in [6, 6.07) is 9.42. The number of hydrogen-bond donors (Lipinski definition) is 0. The Morgan fingerprint density at radius 2 is 1.87 bits per heavy atom. The molecule has 4 rings (SSSR count). The molecule has 0 spiro atoms. The van der Waals surface area contributed by atoms with E-state index in [9.17, 15) is 13.2 Å². The molecule has 0 saturated carbocycles. The predicted octanol–water partition coefficient (Wildman–Crippen LogP) is 5.96. The molecule has 0 amide bonds. The molecule has 0 unspecified atom stereocenters. The number of pyridine rings is 1. The lowest BCUT2D eigenvalue weighted by molar-refractivity contribution is -0.137. The summed E-state index contributed by atoms with van der Waals surface area (Å²) in [5, 5.41) is 1.43. The second-order valence-electron chi connectivity index (χ2n) is 5.37. The van der Waals surface area contributed by atoms with Crippen molar-refractivity contribution in [2.45, 2.75) is 22.4 Å². The van der Waals surface area contributed by atoms with Crippen molar-refractivity contribution in [1.82, 2.24) is 4.98 Å². The zero-order valence-electron chi connectivity index (χ0n) is 11.6. The van der Waals surface area contributed by atoms with Gasteiger partial charge in [-0.2, -0.15) is 13.2 Å². The van der Waals surface area contributed by atoms with Crippen molar-refractivity contribution in [3.8, 4) is 0 Å². The van der Waals surface area contributed by atoms with E-state index in [1.165, 1.54) is 6.07 Å². The molecule has 0 N–H and O–H groups in total. The number of benzene rings is 2. The van der Waals surface area contributed by atoms with Crippen LogP contribution in [0.5, 0.6) is 0 Å². The highest BCUT2D eigenvalue weighted by molar-refractivity contribution is 7.99. The molecule has 0 radical (unpaired) electrons. The third-order valence-corrected chi connectivity index (χ3v) is 5.38. The Bertz CT molecular complexity index is 937. The maximum Gasteiger partial charge on any atom is 0.416 e. The van der Waals surface area contributed by atoms with Crippen molar-refractivity contribution < 1.29 is 13.2 Å². The molecule has 1 nitrogen and oxygen atoms in total. The van der Waals surface area contributed by atoms with Crippen molar-refractivity contribution in [2.75, 3.05) is 0 Å². The Morgan fingerprint density at radius 1 is 1.04 bits per heavy atom. The Labute approximate surface area is 139 Å². The van der Waals surface area contributed by atoms with Gasteiger partial charge in [-0.15, -0.1) is 0 Å². The van der Waals surface area contributed by atoms with E-state index < -0.39 is 11.7 Å². The standard InChI is InChI=1S/C17H9ClF3NS/c18-12-2-4-15-9(6-12)5-10-8-22-14-7-11(17(19,20)21)1-3-13(14)16(10)23-15/h1-4,6-8H,5H2. The quantitative estimate of drug-likeness (QED) is 0.387. The van der Waals surface area contributed by atoms with Crippen molar-refractivity contribution in [3.63, 3.8) is 0 Å².